The van der Waals surface area contributed by atoms with Gasteiger partial charge in [0, 0.05) is 45.3 Å². The SMILES string of the molecule is C=Cc1ccc(Oc2ccc(C3(c4c(F)c(F)c(F)c(F)c4F)c4ccccc4-c4ccc(N(c5ccc(-c6ccc(N(c7cccc(F)c7)c7ccc8c(c7)C(c7ccc(Oc9ccc(C=C)cc9)cc7)(c7c(F)c(F)c(F)c(F)c7F)c7ccccc7-8)cc6)cc5)c5cccc(F)c5)cc43)cc2)cc1. The average Bonchev–Trinajstić information content (AvgIpc) is 1.51. The van der Waals surface area contributed by atoms with Gasteiger partial charge in [-0.2, -0.15) is 0 Å². The van der Waals surface area contributed by atoms with Crippen LogP contribution in [0.2, 0.25) is 0 Å². The van der Waals surface area contributed by atoms with Gasteiger partial charge in [-0.25, -0.2) is 52.7 Å². The van der Waals surface area contributed by atoms with E-state index in [2.05, 4.69) is 13.2 Å². The number of halogens is 12. The van der Waals surface area contributed by atoms with E-state index >= 15 is 52.7 Å². The molecule has 0 saturated heterocycles. The van der Waals surface area contributed by atoms with Gasteiger partial charge in [0.1, 0.15) is 34.6 Å². The molecule has 14 aromatic carbocycles. The van der Waals surface area contributed by atoms with Crippen molar-refractivity contribution in [3.63, 3.8) is 0 Å². The zero-order valence-corrected chi connectivity index (χ0v) is 55.4. The van der Waals surface area contributed by atoms with E-state index in [1.807, 2.05) is 0 Å². The highest BCUT2D eigenvalue weighted by molar-refractivity contribution is 5.92. The molecule has 14 aromatic rings. The molecular formula is C90H52F12N2O2. The summed E-state index contributed by atoms with van der Waals surface area (Å²) in [5.74, 6) is -21.3. The van der Waals surface area contributed by atoms with Crippen LogP contribution in [0.3, 0.4) is 0 Å². The normalized spacial score (nSPS) is 14.6. The Morgan fingerprint density at radius 1 is 0.255 bits per heavy atom. The second kappa shape index (κ2) is 26.6. The molecule has 4 nitrogen and oxygen atoms in total. The monoisotopic (exact) mass is 1420 g/mol. The van der Waals surface area contributed by atoms with E-state index in [0.29, 0.717) is 56.3 Å². The molecule has 0 aliphatic heterocycles. The van der Waals surface area contributed by atoms with Crippen molar-refractivity contribution in [3.8, 4) is 56.4 Å². The molecule has 16 heteroatoms. The van der Waals surface area contributed by atoms with Gasteiger partial charge in [0.25, 0.3) is 0 Å². The van der Waals surface area contributed by atoms with Crippen LogP contribution in [0.25, 0.3) is 45.5 Å². The molecule has 0 amide bonds. The Balaban J connectivity index is 0.797. The van der Waals surface area contributed by atoms with Gasteiger partial charge in [-0.05, 0) is 211 Å². The third kappa shape index (κ3) is 11.0. The Labute approximate surface area is 600 Å². The van der Waals surface area contributed by atoms with E-state index in [9.17, 15) is 0 Å². The summed E-state index contributed by atoms with van der Waals surface area (Å²) >= 11 is 0. The van der Waals surface area contributed by atoms with Crippen molar-refractivity contribution >= 4 is 46.3 Å². The highest BCUT2D eigenvalue weighted by Gasteiger charge is 2.53. The van der Waals surface area contributed by atoms with Crippen molar-refractivity contribution in [3.05, 3.63) is 418 Å². The van der Waals surface area contributed by atoms with Crippen LogP contribution in [-0.4, -0.2) is 0 Å². The van der Waals surface area contributed by atoms with Crippen LogP contribution in [0.15, 0.2) is 292 Å². The molecule has 16 rings (SSSR count). The number of ether oxygens (including phenoxy) is 2. The van der Waals surface area contributed by atoms with E-state index < -0.39 is 91.8 Å². The molecular weight excluding hydrogens is 1370 g/mol. The van der Waals surface area contributed by atoms with Crippen LogP contribution >= 0.6 is 0 Å². The molecule has 2 unspecified atom stereocenters. The maximum absolute atomic E-state index is 17.1. The van der Waals surface area contributed by atoms with Crippen LogP contribution in [0, 0.1) is 69.8 Å². The van der Waals surface area contributed by atoms with Crippen molar-refractivity contribution in [1.82, 2.24) is 0 Å². The third-order valence-electron chi connectivity index (χ3n) is 19.7. The molecule has 518 valence electrons. The molecule has 0 aromatic heterocycles. The minimum absolute atomic E-state index is 0.113. The van der Waals surface area contributed by atoms with Gasteiger partial charge in [0.05, 0.1) is 10.8 Å². The molecule has 2 aliphatic carbocycles. The fourth-order valence-corrected chi connectivity index (χ4v) is 15.0. The first-order valence-electron chi connectivity index (χ1n) is 33.3. The molecule has 0 bridgehead atoms. The largest absolute Gasteiger partial charge is 0.457 e. The molecule has 0 fully saturated rings. The fourth-order valence-electron chi connectivity index (χ4n) is 15.0. The molecule has 0 radical (unpaired) electrons. The summed E-state index contributed by atoms with van der Waals surface area (Å²) in [6.45, 7) is 7.57. The number of rotatable bonds is 17. The van der Waals surface area contributed by atoms with E-state index in [0.717, 1.165) is 11.1 Å². The summed E-state index contributed by atoms with van der Waals surface area (Å²) in [5.41, 5.74) is 0.779. The molecule has 2 aliphatic rings. The highest BCUT2D eigenvalue weighted by Crippen LogP contribution is 2.61. The first-order chi connectivity index (χ1) is 51.4. The first-order valence-corrected chi connectivity index (χ1v) is 33.3. The van der Waals surface area contributed by atoms with Gasteiger partial charge in [-0.1, -0.05) is 171 Å². The Morgan fingerprint density at radius 3 is 0.877 bits per heavy atom. The lowest BCUT2D eigenvalue weighted by Gasteiger charge is -2.35. The second-order valence-electron chi connectivity index (χ2n) is 25.5. The number of anilines is 6. The zero-order valence-electron chi connectivity index (χ0n) is 55.4. The molecule has 0 N–H and O–H groups in total. The maximum Gasteiger partial charge on any atom is 0.200 e. The lowest BCUT2D eigenvalue weighted by molar-refractivity contribution is 0.363. The molecule has 106 heavy (non-hydrogen) atoms. The van der Waals surface area contributed by atoms with Crippen molar-refractivity contribution in [2.75, 3.05) is 9.80 Å². The summed E-state index contributed by atoms with van der Waals surface area (Å²) in [7, 11) is 0. The summed E-state index contributed by atoms with van der Waals surface area (Å²) in [5, 5.41) is 0. The number of hydrogen-bond donors (Lipinski definition) is 0. The Morgan fingerprint density at radius 2 is 0.547 bits per heavy atom. The number of hydrogen-bond acceptors (Lipinski definition) is 4. The smallest absolute Gasteiger partial charge is 0.200 e. The maximum atomic E-state index is 17.1. The predicted octanol–water partition coefficient (Wildman–Crippen LogP) is 25.6. The topological polar surface area (TPSA) is 24.9 Å². The van der Waals surface area contributed by atoms with Gasteiger partial charge in [-0.15, -0.1) is 0 Å². The highest BCUT2D eigenvalue weighted by atomic mass is 19.2. The summed E-state index contributed by atoms with van der Waals surface area (Å²) in [6, 6.07) is 74.8. The van der Waals surface area contributed by atoms with E-state index in [-0.39, 0.29) is 67.6 Å². The van der Waals surface area contributed by atoms with E-state index in [1.54, 1.807) is 216 Å². The van der Waals surface area contributed by atoms with Crippen molar-refractivity contribution in [2.45, 2.75) is 10.8 Å². The van der Waals surface area contributed by atoms with Gasteiger partial charge < -0.3 is 19.3 Å². The third-order valence-corrected chi connectivity index (χ3v) is 19.7. The van der Waals surface area contributed by atoms with Crippen molar-refractivity contribution in [1.29, 1.82) is 0 Å². The van der Waals surface area contributed by atoms with Crippen LogP contribution in [0.5, 0.6) is 23.0 Å². The molecule has 2 atom stereocenters. The standard InChI is InChI=1S/C90H52F12N2O2/c1-3-51-19-37-65(38-20-51)105-67-41-27-55(28-42-67)89(77-79(93)83(97)87(101)84(98)80(77)94)73-17-7-5-15-69(73)71-45-35-63(49-75(71)89)103(61-13-9-11-57(91)47-61)59-31-23-53(24-32-59)54-25-33-60(34-26-54)104(62-14-10-12-58(92)48-62)64-36-46-72-70-16-6-8-18-74(70)90(76(72)50-64,78-81(95)85(99)88(102)86(100)82(78)96)56-29-43-68(44-30-56)106-66-39-21-52(4-2)22-40-66/h3-50H,1-2H2. The van der Waals surface area contributed by atoms with Gasteiger partial charge >= 0.3 is 0 Å². The predicted molar refractivity (Wildman–Crippen MR) is 389 cm³/mol. The minimum Gasteiger partial charge on any atom is -0.457 e. The quantitative estimate of drug-likeness (QED) is 0.0515. The minimum atomic E-state index is -2.34. The number of fused-ring (bicyclic) bond motifs is 6. The number of nitrogens with zero attached hydrogens (tertiary/aromatic N) is 2. The van der Waals surface area contributed by atoms with Gasteiger partial charge in [0.15, 0.2) is 46.5 Å². The van der Waals surface area contributed by atoms with Gasteiger partial charge in [-0.3, -0.25) is 0 Å². The van der Waals surface area contributed by atoms with Crippen LogP contribution < -0.4 is 19.3 Å². The number of benzene rings is 14. The van der Waals surface area contributed by atoms with E-state index in [4.69, 9.17) is 9.47 Å². The average molecular weight is 1420 g/mol. The Bertz CT molecular complexity index is 5440. The Kier molecular flexibility index (Phi) is 16.9. The zero-order chi connectivity index (χ0) is 73.4. The fraction of sp³-hybridized carbons (Fsp3) is 0.0222. The van der Waals surface area contributed by atoms with E-state index in [1.165, 1.54) is 84.9 Å². The molecule has 0 spiro atoms. The van der Waals surface area contributed by atoms with Gasteiger partial charge in [0.2, 0.25) is 11.6 Å². The van der Waals surface area contributed by atoms with Crippen molar-refractivity contribution < 1.29 is 62.2 Å². The summed E-state index contributed by atoms with van der Waals surface area (Å²) in [4.78, 5) is 3.36. The summed E-state index contributed by atoms with van der Waals surface area (Å²) in [6.07, 6.45) is 3.32. The Hall–Kier alpha value is -13.1. The second-order valence-corrected chi connectivity index (χ2v) is 25.5. The first kappa shape index (κ1) is 67.4. The lowest BCUT2D eigenvalue weighted by atomic mass is 9.67. The summed E-state index contributed by atoms with van der Waals surface area (Å²) < 4.78 is 206. The molecule has 0 heterocycles. The molecule has 0 saturated carbocycles. The van der Waals surface area contributed by atoms with Crippen LogP contribution in [0.4, 0.5) is 86.8 Å². The van der Waals surface area contributed by atoms with Crippen molar-refractivity contribution in [2.24, 2.45) is 0 Å². The van der Waals surface area contributed by atoms with Crippen LogP contribution in [-0.2, 0) is 10.8 Å². The lowest BCUT2D eigenvalue weighted by Crippen LogP contribution is -2.32. The van der Waals surface area contributed by atoms with Crippen LogP contribution in [0.1, 0.15) is 55.6 Å².